The third kappa shape index (κ3) is 3.07. The normalized spacial score (nSPS) is 20.4. The van der Waals surface area contributed by atoms with E-state index < -0.39 is 0 Å². The lowest BCUT2D eigenvalue weighted by Gasteiger charge is -2.21. The van der Waals surface area contributed by atoms with Crippen molar-refractivity contribution in [2.45, 2.75) is 43.4 Å². The molecular formula is C14H18BrF. The van der Waals surface area contributed by atoms with Crippen LogP contribution in [-0.4, -0.2) is 0 Å². The summed E-state index contributed by atoms with van der Waals surface area (Å²) >= 11 is 3.78. The van der Waals surface area contributed by atoms with Gasteiger partial charge in [0.25, 0.3) is 0 Å². The molecule has 2 heteroatoms. The van der Waals surface area contributed by atoms with Gasteiger partial charge in [0.2, 0.25) is 0 Å². The second kappa shape index (κ2) is 5.81. The van der Waals surface area contributed by atoms with Crippen LogP contribution in [0.25, 0.3) is 0 Å². The molecule has 1 aliphatic rings. The van der Waals surface area contributed by atoms with E-state index in [1.165, 1.54) is 44.1 Å². The van der Waals surface area contributed by atoms with Crippen LogP contribution in [0.1, 0.15) is 48.9 Å². The van der Waals surface area contributed by atoms with Gasteiger partial charge in [0, 0.05) is 4.83 Å². The quantitative estimate of drug-likeness (QED) is 0.515. The van der Waals surface area contributed by atoms with Gasteiger partial charge in [-0.25, -0.2) is 4.39 Å². The molecule has 0 heterocycles. The maximum absolute atomic E-state index is 12.8. The van der Waals surface area contributed by atoms with Crippen LogP contribution in [0.4, 0.5) is 4.39 Å². The molecule has 0 bridgehead atoms. The van der Waals surface area contributed by atoms with Crippen molar-refractivity contribution < 1.29 is 4.39 Å². The summed E-state index contributed by atoms with van der Waals surface area (Å²) in [6.07, 6.45) is 8.03. The smallest absolute Gasteiger partial charge is 0.123 e. The molecule has 16 heavy (non-hydrogen) atoms. The molecule has 1 unspecified atom stereocenters. The maximum atomic E-state index is 12.8. The van der Waals surface area contributed by atoms with Gasteiger partial charge in [-0.05, 0) is 36.5 Å². The fraction of sp³-hybridized carbons (Fsp3) is 0.571. The van der Waals surface area contributed by atoms with Crippen molar-refractivity contribution in [2.24, 2.45) is 5.92 Å². The van der Waals surface area contributed by atoms with Crippen LogP contribution in [0.15, 0.2) is 24.3 Å². The average Bonchev–Trinajstić information content (AvgIpc) is 2.57. The summed E-state index contributed by atoms with van der Waals surface area (Å²) in [5.41, 5.74) is 1.22. The third-order valence-corrected chi connectivity index (χ3v) is 4.78. The lowest BCUT2D eigenvalue weighted by molar-refractivity contribution is 0.454. The Morgan fingerprint density at radius 1 is 1.00 bits per heavy atom. The number of rotatable bonds is 2. The first-order chi connectivity index (χ1) is 7.77. The minimum Gasteiger partial charge on any atom is -0.207 e. The molecule has 1 aromatic rings. The largest absolute Gasteiger partial charge is 0.207 e. The van der Waals surface area contributed by atoms with Gasteiger partial charge in [-0.1, -0.05) is 53.7 Å². The Labute approximate surface area is 105 Å². The van der Waals surface area contributed by atoms with Crippen LogP contribution in [0.3, 0.4) is 0 Å². The fourth-order valence-electron chi connectivity index (χ4n) is 2.52. The van der Waals surface area contributed by atoms with E-state index in [2.05, 4.69) is 15.9 Å². The maximum Gasteiger partial charge on any atom is 0.123 e. The molecule has 0 nitrogen and oxygen atoms in total. The van der Waals surface area contributed by atoms with E-state index in [1.807, 2.05) is 12.1 Å². The first kappa shape index (κ1) is 12.1. The molecule has 0 saturated heterocycles. The summed E-state index contributed by atoms with van der Waals surface area (Å²) in [6.45, 7) is 0. The topological polar surface area (TPSA) is 0 Å². The predicted molar refractivity (Wildman–Crippen MR) is 69.3 cm³/mol. The van der Waals surface area contributed by atoms with Gasteiger partial charge in [-0.15, -0.1) is 0 Å². The Morgan fingerprint density at radius 3 is 2.12 bits per heavy atom. The Morgan fingerprint density at radius 2 is 1.56 bits per heavy atom. The molecule has 0 spiro atoms. The summed E-state index contributed by atoms with van der Waals surface area (Å²) in [5, 5.41) is 0. The molecule has 1 saturated carbocycles. The van der Waals surface area contributed by atoms with Crippen molar-refractivity contribution >= 4 is 15.9 Å². The summed E-state index contributed by atoms with van der Waals surface area (Å²) in [6, 6.07) is 6.92. The van der Waals surface area contributed by atoms with E-state index in [0.29, 0.717) is 10.7 Å². The lowest BCUT2D eigenvalue weighted by Crippen LogP contribution is -2.06. The number of halogens is 2. The molecule has 88 valence electrons. The van der Waals surface area contributed by atoms with Crippen molar-refractivity contribution in [3.63, 3.8) is 0 Å². The van der Waals surface area contributed by atoms with E-state index in [9.17, 15) is 4.39 Å². The predicted octanol–water partition coefficient (Wildman–Crippen LogP) is 5.23. The summed E-state index contributed by atoms with van der Waals surface area (Å²) < 4.78 is 12.8. The van der Waals surface area contributed by atoms with Crippen LogP contribution < -0.4 is 0 Å². The minimum atomic E-state index is -0.149. The molecule has 0 radical (unpaired) electrons. The SMILES string of the molecule is Fc1ccc(C(Br)C2CCCCCC2)cc1. The highest BCUT2D eigenvalue weighted by atomic mass is 79.9. The lowest BCUT2D eigenvalue weighted by atomic mass is 9.92. The second-order valence-electron chi connectivity index (χ2n) is 4.70. The minimum absolute atomic E-state index is 0.149. The van der Waals surface area contributed by atoms with E-state index >= 15 is 0 Å². The molecule has 0 N–H and O–H groups in total. The second-order valence-corrected chi connectivity index (χ2v) is 5.69. The van der Waals surface area contributed by atoms with Crippen LogP contribution in [0.2, 0.25) is 0 Å². The summed E-state index contributed by atoms with van der Waals surface area (Å²) in [7, 11) is 0. The summed E-state index contributed by atoms with van der Waals surface area (Å²) in [4.78, 5) is 0.395. The van der Waals surface area contributed by atoms with Gasteiger partial charge in [-0.2, -0.15) is 0 Å². The Hall–Kier alpha value is -0.370. The van der Waals surface area contributed by atoms with Crippen molar-refractivity contribution in [3.8, 4) is 0 Å². The molecule has 0 aliphatic heterocycles. The standard InChI is InChI=1S/C14H18BrF/c15-14(11-5-3-1-2-4-6-11)12-7-9-13(16)10-8-12/h7-11,14H,1-6H2. The molecule has 1 aromatic carbocycles. The molecule has 0 aromatic heterocycles. The van der Waals surface area contributed by atoms with Crippen molar-refractivity contribution in [1.82, 2.24) is 0 Å². The fourth-order valence-corrected chi connectivity index (χ4v) is 3.36. The number of hydrogen-bond acceptors (Lipinski definition) is 0. The van der Waals surface area contributed by atoms with Crippen molar-refractivity contribution in [1.29, 1.82) is 0 Å². The molecular weight excluding hydrogens is 267 g/mol. The highest BCUT2D eigenvalue weighted by Gasteiger charge is 2.21. The van der Waals surface area contributed by atoms with Gasteiger partial charge in [-0.3, -0.25) is 0 Å². The van der Waals surface area contributed by atoms with E-state index in [4.69, 9.17) is 0 Å². The highest BCUT2D eigenvalue weighted by Crippen LogP contribution is 2.39. The van der Waals surface area contributed by atoms with Gasteiger partial charge in [0.05, 0.1) is 0 Å². The first-order valence-corrected chi connectivity index (χ1v) is 7.08. The number of benzene rings is 1. The van der Waals surface area contributed by atoms with Crippen LogP contribution >= 0.6 is 15.9 Å². The molecule has 0 amide bonds. The van der Waals surface area contributed by atoms with Gasteiger partial charge < -0.3 is 0 Å². The average molecular weight is 285 g/mol. The Balaban J connectivity index is 2.04. The van der Waals surface area contributed by atoms with Crippen LogP contribution in [-0.2, 0) is 0 Å². The van der Waals surface area contributed by atoms with Crippen LogP contribution in [0, 0.1) is 11.7 Å². The molecule has 1 atom stereocenters. The zero-order chi connectivity index (χ0) is 11.4. The zero-order valence-corrected chi connectivity index (χ0v) is 11.0. The number of hydrogen-bond donors (Lipinski definition) is 0. The van der Waals surface area contributed by atoms with E-state index in [1.54, 1.807) is 12.1 Å². The monoisotopic (exact) mass is 284 g/mol. The summed E-state index contributed by atoms with van der Waals surface area (Å²) in [5.74, 6) is 0.567. The zero-order valence-electron chi connectivity index (χ0n) is 9.46. The third-order valence-electron chi connectivity index (χ3n) is 3.50. The van der Waals surface area contributed by atoms with Gasteiger partial charge in [0.1, 0.15) is 5.82 Å². The van der Waals surface area contributed by atoms with Gasteiger partial charge in [0.15, 0.2) is 0 Å². The first-order valence-electron chi connectivity index (χ1n) is 6.17. The highest BCUT2D eigenvalue weighted by molar-refractivity contribution is 9.09. The molecule has 1 fully saturated rings. The Bertz CT molecular complexity index is 312. The van der Waals surface area contributed by atoms with Crippen molar-refractivity contribution in [2.75, 3.05) is 0 Å². The Kier molecular flexibility index (Phi) is 4.39. The van der Waals surface area contributed by atoms with E-state index in [0.717, 1.165) is 0 Å². The number of alkyl halides is 1. The van der Waals surface area contributed by atoms with Gasteiger partial charge >= 0.3 is 0 Å². The van der Waals surface area contributed by atoms with E-state index in [-0.39, 0.29) is 5.82 Å². The van der Waals surface area contributed by atoms with Crippen molar-refractivity contribution in [3.05, 3.63) is 35.6 Å². The molecule has 1 aliphatic carbocycles. The molecule has 2 rings (SSSR count). The van der Waals surface area contributed by atoms with Crippen LogP contribution in [0.5, 0.6) is 0 Å².